The van der Waals surface area contributed by atoms with E-state index in [2.05, 4.69) is 94.7 Å². The third kappa shape index (κ3) is 4.13. The Morgan fingerprint density at radius 3 is 2.30 bits per heavy atom. The lowest BCUT2D eigenvalue weighted by atomic mass is 9.99. The smallest absolute Gasteiger partial charge is 0.182 e. The van der Waals surface area contributed by atoms with Crippen molar-refractivity contribution in [2.45, 2.75) is 6.92 Å². The molecule has 0 aliphatic heterocycles. The molecule has 202 valence electrons. The van der Waals surface area contributed by atoms with Crippen LogP contribution in [-0.2, 0) is 0 Å². The molecule has 0 atom stereocenters. The van der Waals surface area contributed by atoms with E-state index in [9.17, 15) is 5.26 Å². The van der Waals surface area contributed by atoms with Crippen molar-refractivity contribution < 1.29 is 0 Å². The number of rotatable bonds is 4. The first-order valence-electron chi connectivity index (χ1n) is 13.8. The van der Waals surface area contributed by atoms with Crippen LogP contribution < -0.4 is 5.57 Å². The van der Waals surface area contributed by atoms with Gasteiger partial charge in [-0.25, -0.2) is 15.0 Å². The predicted octanol–water partition coefficient (Wildman–Crippen LogP) is 8.85. The molecule has 0 amide bonds. The zero-order chi connectivity index (χ0) is 29.1. The Morgan fingerprint density at radius 1 is 0.721 bits per heavy atom. The highest BCUT2D eigenvalue weighted by Gasteiger charge is 2.19. The summed E-state index contributed by atoms with van der Waals surface area (Å²) in [6.07, 6.45) is 4.00. The summed E-state index contributed by atoms with van der Waals surface area (Å²) >= 11 is 1.81. The predicted molar refractivity (Wildman–Crippen MR) is 181 cm³/mol. The molecular formula is C36H22N5PS. The van der Waals surface area contributed by atoms with Gasteiger partial charge < -0.3 is 4.57 Å². The van der Waals surface area contributed by atoms with E-state index < -0.39 is 0 Å². The molecule has 0 saturated carbocycles. The lowest BCUT2D eigenvalue weighted by Gasteiger charge is -2.15. The van der Waals surface area contributed by atoms with Gasteiger partial charge in [0.05, 0.1) is 28.4 Å². The summed E-state index contributed by atoms with van der Waals surface area (Å²) in [5.41, 5.74) is 7.27. The van der Waals surface area contributed by atoms with Gasteiger partial charge in [0.1, 0.15) is 5.82 Å². The van der Waals surface area contributed by atoms with Crippen LogP contribution in [0, 0.1) is 18.3 Å². The molecule has 0 N–H and O–H groups in total. The van der Waals surface area contributed by atoms with E-state index in [0.717, 1.165) is 52.4 Å². The molecule has 3 heterocycles. The van der Waals surface area contributed by atoms with Gasteiger partial charge in [-0.3, -0.25) is 0 Å². The molecule has 0 fully saturated rings. The molecule has 0 aliphatic rings. The molecule has 7 heteroatoms. The summed E-state index contributed by atoms with van der Waals surface area (Å²) in [5, 5.41) is 14.5. The van der Waals surface area contributed by atoms with E-state index in [-0.39, 0.29) is 0 Å². The zero-order valence-electron chi connectivity index (χ0n) is 23.1. The molecule has 8 rings (SSSR count). The van der Waals surface area contributed by atoms with Crippen molar-refractivity contribution >= 4 is 73.4 Å². The lowest BCUT2D eigenvalue weighted by Crippen LogP contribution is -2.11. The summed E-state index contributed by atoms with van der Waals surface area (Å²) in [7, 11) is 0.730. The van der Waals surface area contributed by atoms with Crippen molar-refractivity contribution in [1.29, 1.82) is 5.26 Å². The van der Waals surface area contributed by atoms with Gasteiger partial charge in [0, 0.05) is 36.5 Å². The molecule has 0 aliphatic carbocycles. The van der Waals surface area contributed by atoms with Crippen LogP contribution in [-0.4, -0.2) is 25.8 Å². The number of nitrogens with zero attached hydrogens (tertiary/aromatic N) is 5. The highest BCUT2D eigenvalue weighted by atomic mass is 32.1. The standard InChI is InChI=1S/C36H22N5PS/c1-21-38-35(40-36(39-21)42-2)29-18-23(24-12-15-28-27-8-4-6-10-33(27)43-34(28)19-24)13-16-31(29)41-30-9-5-3-7-25(30)26-14-11-22(20-37)17-32(26)41/h3-19H,2H2,1H3. The normalized spacial score (nSPS) is 11.6. The molecule has 8 aromatic rings. The maximum atomic E-state index is 9.75. The molecule has 0 unspecified atom stereocenters. The number of nitriles is 1. The molecule has 0 bridgehead atoms. The second-order valence-electron chi connectivity index (χ2n) is 10.4. The fraction of sp³-hybridized carbons (Fsp3) is 0.0278. The number of hydrogen-bond acceptors (Lipinski definition) is 5. The Morgan fingerprint density at radius 2 is 1.44 bits per heavy atom. The van der Waals surface area contributed by atoms with Crippen molar-refractivity contribution in [1.82, 2.24) is 19.5 Å². The van der Waals surface area contributed by atoms with Gasteiger partial charge in [-0.1, -0.05) is 67.0 Å². The van der Waals surface area contributed by atoms with Gasteiger partial charge >= 0.3 is 0 Å². The highest BCUT2D eigenvalue weighted by Crippen LogP contribution is 2.40. The molecule has 43 heavy (non-hydrogen) atoms. The average molecular weight is 588 g/mol. The minimum atomic E-state index is 0.598. The minimum Gasteiger partial charge on any atom is -0.308 e. The second-order valence-corrected chi connectivity index (χ2v) is 12.2. The van der Waals surface area contributed by atoms with E-state index in [0.29, 0.717) is 22.8 Å². The number of aryl methyl sites for hydroxylation is 1. The summed E-state index contributed by atoms with van der Waals surface area (Å²) in [4.78, 5) is 14.1. The molecule has 5 nitrogen and oxygen atoms in total. The first-order valence-corrected chi connectivity index (χ1v) is 15.7. The van der Waals surface area contributed by atoms with Gasteiger partial charge in [-0.05, 0) is 68.7 Å². The Hall–Kier alpha value is -5.21. The van der Waals surface area contributed by atoms with Crippen LogP contribution >= 0.6 is 19.5 Å². The van der Waals surface area contributed by atoms with Crippen LogP contribution in [0.1, 0.15) is 11.4 Å². The summed E-state index contributed by atoms with van der Waals surface area (Å²) in [5.74, 6) is 1.24. The number of hydrogen-bond donors (Lipinski definition) is 0. The Kier molecular flexibility index (Phi) is 5.90. The fourth-order valence-corrected chi connectivity index (χ4v) is 7.48. The zero-order valence-corrected chi connectivity index (χ0v) is 24.8. The number of fused-ring (bicyclic) bond motifs is 6. The maximum absolute atomic E-state index is 9.75. The van der Waals surface area contributed by atoms with E-state index in [1.807, 2.05) is 48.6 Å². The van der Waals surface area contributed by atoms with Crippen LogP contribution in [0.5, 0.6) is 0 Å². The molecular weight excluding hydrogens is 565 g/mol. The average Bonchev–Trinajstić information content (AvgIpc) is 3.59. The van der Waals surface area contributed by atoms with Crippen molar-refractivity contribution in [2.24, 2.45) is 0 Å². The monoisotopic (exact) mass is 587 g/mol. The van der Waals surface area contributed by atoms with Crippen molar-refractivity contribution in [2.75, 3.05) is 0 Å². The first kappa shape index (κ1) is 25.5. The summed E-state index contributed by atoms with van der Waals surface area (Å²) in [6, 6.07) is 38.3. The molecule has 5 aromatic carbocycles. The Labute approximate surface area is 253 Å². The molecule has 0 spiro atoms. The van der Waals surface area contributed by atoms with Crippen LogP contribution in [0.3, 0.4) is 0 Å². The Bertz CT molecular complexity index is 2470. The largest absolute Gasteiger partial charge is 0.308 e. The van der Waals surface area contributed by atoms with E-state index >= 15 is 0 Å². The van der Waals surface area contributed by atoms with Gasteiger partial charge in [-0.15, -0.1) is 11.3 Å². The molecule has 0 saturated heterocycles. The third-order valence-corrected chi connectivity index (χ3v) is 9.49. The quantitative estimate of drug-likeness (QED) is 0.193. The van der Waals surface area contributed by atoms with Gasteiger partial charge in [0.25, 0.3) is 0 Å². The van der Waals surface area contributed by atoms with Gasteiger partial charge in [-0.2, -0.15) is 5.26 Å². The van der Waals surface area contributed by atoms with Crippen molar-refractivity contribution in [3.05, 3.63) is 115 Å². The van der Waals surface area contributed by atoms with Gasteiger partial charge in [0.15, 0.2) is 11.4 Å². The van der Waals surface area contributed by atoms with Crippen LogP contribution in [0.15, 0.2) is 103 Å². The minimum absolute atomic E-state index is 0.598. The summed E-state index contributed by atoms with van der Waals surface area (Å²) in [6.45, 7) is 1.89. The van der Waals surface area contributed by atoms with Crippen molar-refractivity contribution in [3.63, 3.8) is 0 Å². The maximum Gasteiger partial charge on any atom is 0.182 e. The third-order valence-electron chi connectivity index (χ3n) is 7.87. The Balaban J connectivity index is 1.42. The number of aromatic nitrogens is 4. The van der Waals surface area contributed by atoms with Crippen LogP contribution in [0.4, 0.5) is 0 Å². The topological polar surface area (TPSA) is 67.4 Å². The van der Waals surface area contributed by atoms with Crippen molar-refractivity contribution in [3.8, 4) is 34.3 Å². The van der Waals surface area contributed by atoms with Crippen LogP contribution in [0.25, 0.3) is 70.2 Å². The number of thiophene rings is 1. The van der Waals surface area contributed by atoms with Crippen LogP contribution in [0.2, 0.25) is 0 Å². The van der Waals surface area contributed by atoms with E-state index in [1.165, 1.54) is 20.2 Å². The number of para-hydroxylation sites is 1. The second kappa shape index (κ2) is 9.96. The first-order chi connectivity index (χ1) is 21.1. The van der Waals surface area contributed by atoms with E-state index in [4.69, 9.17) is 9.97 Å². The highest BCUT2D eigenvalue weighted by molar-refractivity contribution is 7.44. The molecule has 3 aromatic heterocycles. The van der Waals surface area contributed by atoms with E-state index in [1.54, 1.807) is 0 Å². The van der Waals surface area contributed by atoms with Gasteiger partial charge in [0.2, 0.25) is 0 Å². The summed E-state index contributed by atoms with van der Waals surface area (Å²) < 4.78 is 4.76. The lowest BCUT2D eigenvalue weighted by molar-refractivity contribution is 1.01. The molecule has 0 radical (unpaired) electrons. The SMILES string of the molecule is C=Pc1nc(C)nc(-c2cc(-c3ccc4c(c3)sc3ccccc34)ccc2-n2c3ccccc3c3ccc(C#N)cc32)n1. The number of benzene rings is 5. The fourth-order valence-electron chi connectivity index (χ4n) is 5.95.